The number of aromatic nitrogens is 2. The monoisotopic (exact) mass is 401 g/mol. The molecule has 0 unspecified atom stereocenters. The largest absolute Gasteiger partial charge is 0.459 e. The molecule has 1 N–H and O–H groups in total. The predicted molar refractivity (Wildman–Crippen MR) is 101 cm³/mol. The van der Waals surface area contributed by atoms with Crippen LogP contribution in [0.1, 0.15) is 69.3 Å². The van der Waals surface area contributed by atoms with Crippen molar-refractivity contribution in [2.75, 3.05) is 5.32 Å². The smallest absolute Gasteiger partial charge is 0.341 e. The van der Waals surface area contributed by atoms with Gasteiger partial charge in [-0.3, -0.25) is 4.79 Å². The van der Waals surface area contributed by atoms with E-state index in [2.05, 4.69) is 15.5 Å². The lowest BCUT2D eigenvalue weighted by molar-refractivity contribution is 0.0430. The number of hydrogen-bond acceptors (Lipinski definition) is 8. The number of esters is 1. The minimum atomic E-state index is -0.515. The fourth-order valence-electron chi connectivity index (χ4n) is 3.04. The number of aryl methyl sites for hydroxylation is 1. The number of nitrogens with zero attached hydrogens (tertiary/aromatic N) is 2. The van der Waals surface area contributed by atoms with E-state index >= 15 is 0 Å². The van der Waals surface area contributed by atoms with Crippen molar-refractivity contribution in [1.29, 1.82) is 0 Å². The number of furan rings is 1. The van der Waals surface area contributed by atoms with Gasteiger partial charge >= 0.3 is 5.97 Å². The summed E-state index contributed by atoms with van der Waals surface area (Å²) in [6, 6.07) is 3.20. The quantitative estimate of drug-likeness (QED) is 0.623. The van der Waals surface area contributed by atoms with Gasteiger partial charge in [0.1, 0.15) is 5.00 Å². The number of carbonyl (C=O) groups excluding carboxylic acids is 2. The first-order valence-electron chi connectivity index (χ1n) is 9.02. The van der Waals surface area contributed by atoms with E-state index in [4.69, 9.17) is 13.7 Å². The summed E-state index contributed by atoms with van der Waals surface area (Å²) in [7, 11) is 0. The summed E-state index contributed by atoms with van der Waals surface area (Å²) in [6.07, 6.45) is 4.08. The molecule has 3 aromatic rings. The Balaban J connectivity index is 1.52. The third kappa shape index (κ3) is 3.57. The summed E-state index contributed by atoms with van der Waals surface area (Å²) in [4.78, 5) is 30.4. The van der Waals surface area contributed by atoms with E-state index in [0.29, 0.717) is 16.4 Å². The van der Waals surface area contributed by atoms with Gasteiger partial charge in [0.2, 0.25) is 0 Å². The highest BCUT2D eigenvalue weighted by molar-refractivity contribution is 7.17. The second-order valence-electron chi connectivity index (χ2n) is 6.77. The fraction of sp³-hybridized carbons (Fsp3) is 0.368. The first kappa shape index (κ1) is 18.4. The maximum absolute atomic E-state index is 12.8. The Morgan fingerprint density at radius 1 is 1.36 bits per heavy atom. The van der Waals surface area contributed by atoms with Crippen molar-refractivity contribution < 1.29 is 23.3 Å². The summed E-state index contributed by atoms with van der Waals surface area (Å²) >= 11 is 1.41. The topological polar surface area (TPSA) is 107 Å². The van der Waals surface area contributed by atoms with Gasteiger partial charge in [0.15, 0.2) is 18.2 Å². The summed E-state index contributed by atoms with van der Waals surface area (Å²) in [5.41, 5.74) is 1.35. The van der Waals surface area contributed by atoms with Crippen LogP contribution >= 0.6 is 11.3 Å². The molecule has 0 bridgehead atoms. The Kier molecular flexibility index (Phi) is 4.99. The Labute approximate surface area is 164 Å². The molecule has 4 rings (SSSR count). The Hall–Kier alpha value is -2.94. The number of thiophene rings is 1. The molecule has 1 amide bonds. The Bertz CT molecular complexity index is 1000. The van der Waals surface area contributed by atoms with Crippen LogP contribution in [0.25, 0.3) is 0 Å². The van der Waals surface area contributed by atoms with Crippen LogP contribution in [0.5, 0.6) is 0 Å². The van der Waals surface area contributed by atoms with Gasteiger partial charge < -0.3 is 19.0 Å². The third-order valence-corrected chi connectivity index (χ3v) is 5.63. The van der Waals surface area contributed by atoms with Crippen LogP contribution in [-0.4, -0.2) is 22.0 Å². The van der Waals surface area contributed by atoms with E-state index in [0.717, 1.165) is 29.7 Å². The molecule has 1 aliphatic carbocycles. The van der Waals surface area contributed by atoms with E-state index in [1.807, 2.05) is 13.8 Å². The SMILES string of the molecule is CC(C)c1noc(COC(=O)c2c(NC(=O)c3ccco3)sc3c2CCC3)n1. The molecule has 0 fully saturated rings. The van der Waals surface area contributed by atoms with E-state index in [-0.39, 0.29) is 24.2 Å². The molecule has 0 atom stereocenters. The number of nitrogens with one attached hydrogen (secondary N) is 1. The van der Waals surface area contributed by atoms with Gasteiger partial charge in [0.25, 0.3) is 11.8 Å². The second kappa shape index (κ2) is 7.59. The summed E-state index contributed by atoms with van der Waals surface area (Å²) in [6.45, 7) is 3.78. The van der Waals surface area contributed by atoms with Crippen LogP contribution < -0.4 is 5.32 Å². The number of carbonyl (C=O) groups is 2. The molecule has 1 aliphatic rings. The highest BCUT2D eigenvalue weighted by Gasteiger charge is 2.29. The number of hydrogen-bond donors (Lipinski definition) is 1. The number of anilines is 1. The lowest BCUT2D eigenvalue weighted by Crippen LogP contribution is -2.14. The molecular weight excluding hydrogens is 382 g/mol. The normalized spacial score (nSPS) is 13.0. The molecule has 0 aromatic carbocycles. The molecule has 28 heavy (non-hydrogen) atoms. The first-order chi connectivity index (χ1) is 13.5. The highest BCUT2D eigenvalue weighted by Crippen LogP contribution is 2.39. The molecule has 0 aliphatic heterocycles. The molecule has 8 nitrogen and oxygen atoms in total. The fourth-order valence-corrected chi connectivity index (χ4v) is 4.31. The Morgan fingerprint density at radius 2 is 2.21 bits per heavy atom. The van der Waals surface area contributed by atoms with Crippen LogP contribution in [0.3, 0.4) is 0 Å². The third-order valence-electron chi connectivity index (χ3n) is 4.42. The van der Waals surface area contributed by atoms with Gasteiger partial charge in [-0.05, 0) is 37.0 Å². The van der Waals surface area contributed by atoms with E-state index in [9.17, 15) is 9.59 Å². The van der Waals surface area contributed by atoms with Gasteiger partial charge in [-0.25, -0.2) is 4.79 Å². The molecule has 0 saturated heterocycles. The van der Waals surface area contributed by atoms with Crippen molar-refractivity contribution in [3.8, 4) is 0 Å². The van der Waals surface area contributed by atoms with Crippen molar-refractivity contribution in [1.82, 2.24) is 10.1 Å². The van der Waals surface area contributed by atoms with Gasteiger partial charge in [-0.1, -0.05) is 19.0 Å². The minimum Gasteiger partial charge on any atom is -0.459 e. The zero-order chi connectivity index (χ0) is 19.7. The number of fused-ring (bicyclic) bond motifs is 1. The predicted octanol–water partition coefficient (Wildman–Crippen LogP) is 3.95. The molecule has 0 saturated carbocycles. The molecule has 3 heterocycles. The van der Waals surface area contributed by atoms with Crippen molar-refractivity contribution >= 4 is 28.2 Å². The molecular formula is C19H19N3O5S. The zero-order valence-electron chi connectivity index (χ0n) is 15.5. The van der Waals surface area contributed by atoms with E-state index in [1.165, 1.54) is 17.6 Å². The molecule has 9 heteroatoms. The van der Waals surface area contributed by atoms with E-state index < -0.39 is 11.9 Å². The lowest BCUT2D eigenvalue weighted by atomic mass is 10.1. The molecule has 0 spiro atoms. The lowest BCUT2D eigenvalue weighted by Gasteiger charge is -2.07. The van der Waals surface area contributed by atoms with Gasteiger partial charge in [-0.2, -0.15) is 4.98 Å². The van der Waals surface area contributed by atoms with Crippen molar-refractivity contribution in [2.45, 2.75) is 45.6 Å². The van der Waals surface area contributed by atoms with Gasteiger partial charge in [-0.15, -0.1) is 11.3 Å². The molecule has 3 aromatic heterocycles. The van der Waals surface area contributed by atoms with Crippen LogP contribution in [-0.2, 0) is 24.2 Å². The van der Waals surface area contributed by atoms with Gasteiger partial charge in [0, 0.05) is 10.8 Å². The molecule has 0 radical (unpaired) electrons. The summed E-state index contributed by atoms with van der Waals surface area (Å²) < 4.78 is 15.6. The van der Waals surface area contributed by atoms with Crippen molar-refractivity contribution in [3.63, 3.8) is 0 Å². The number of ether oxygens (including phenoxy) is 1. The van der Waals surface area contributed by atoms with Gasteiger partial charge in [0.05, 0.1) is 11.8 Å². The summed E-state index contributed by atoms with van der Waals surface area (Å²) in [5, 5.41) is 7.11. The van der Waals surface area contributed by atoms with Crippen molar-refractivity contribution in [3.05, 3.63) is 51.9 Å². The van der Waals surface area contributed by atoms with Crippen LogP contribution in [0.4, 0.5) is 5.00 Å². The number of rotatable bonds is 6. The van der Waals surface area contributed by atoms with Crippen LogP contribution in [0.15, 0.2) is 27.3 Å². The average Bonchev–Trinajstić information content (AvgIpc) is 3.42. The van der Waals surface area contributed by atoms with Crippen molar-refractivity contribution in [2.24, 2.45) is 0 Å². The van der Waals surface area contributed by atoms with Crippen LogP contribution in [0, 0.1) is 0 Å². The second-order valence-corrected chi connectivity index (χ2v) is 7.88. The summed E-state index contributed by atoms with van der Waals surface area (Å²) in [5.74, 6) is 0.187. The average molecular weight is 401 g/mol. The standard InChI is InChI=1S/C19H19N3O5S/c1-10(2)16-20-14(27-22-16)9-26-19(24)15-11-5-3-7-13(11)28-18(15)21-17(23)12-6-4-8-25-12/h4,6,8,10H,3,5,7,9H2,1-2H3,(H,21,23). The molecule has 146 valence electrons. The first-order valence-corrected chi connectivity index (χ1v) is 9.83. The maximum atomic E-state index is 12.8. The Morgan fingerprint density at radius 3 is 2.93 bits per heavy atom. The zero-order valence-corrected chi connectivity index (χ0v) is 16.3. The minimum absolute atomic E-state index is 0.116. The maximum Gasteiger partial charge on any atom is 0.341 e. The number of amides is 1. The van der Waals surface area contributed by atoms with Crippen LogP contribution in [0.2, 0.25) is 0 Å². The van der Waals surface area contributed by atoms with E-state index in [1.54, 1.807) is 12.1 Å². The highest BCUT2D eigenvalue weighted by atomic mass is 32.1.